The SMILES string of the molecule is CC(CO)C(C)NC(=O)/C=C/C(=O)Nc1ccc(F)cc1. The normalized spacial score (nSPS) is 13.7. The van der Waals surface area contributed by atoms with Gasteiger partial charge in [0.25, 0.3) is 0 Å². The molecule has 0 spiro atoms. The van der Waals surface area contributed by atoms with E-state index in [1.54, 1.807) is 13.8 Å². The summed E-state index contributed by atoms with van der Waals surface area (Å²) in [5.41, 5.74) is 0.439. The Morgan fingerprint density at radius 1 is 1.19 bits per heavy atom. The van der Waals surface area contributed by atoms with Crippen LogP contribution in [0.5, 0.6) is 0 Å². The summed E-state index contributed by atoms with van der Waals surface area (Å²) in [6, 6.07) is 5.10. The van der Waals surface area contributed by atoms with Gasteiger partial charge in [-0.15, -0.1) is 0 Å². The van der Waals surface area contributed by atoms with Crippen molar-refractivity contribution in [3.05, 3.63) is 42.2 Å². The molecule has 2 atom stereocenters. The molecule has 3 N–H and O–H groups in total. The van der Waals surface area contributed by atoms with Gasteiger partial charge in [0.15, 0.2) is 0 Å². The third-order valence-electron chi connectivity index (χ3n) is 3.01. The molecule has 0 fully saturated rings. The van der Waals surface area contributed by atoms with Crippen LogP contribution in [0.1, 0.15) is 13.8 Å². The summed E-state index contributed by atoms with van der Waals surface area (Å²) in [6.07, 6.45) is 2.20. The van der Waals surface area contributed by atoms with Gasteiger partial charge in [0, 0.05) is 30.5 Å². The first-order valence-electron chi connectivity index (χ1n) is 6.58. The van der Waals surface area contributed by atoms with Gasteiger partial charge < -0.3 is 15.7 Å². The zero-order chi connectivity index (χ0) is 15.8. The number of halogens is 1. The maximum atomic E-state index is 12.7. The molecule has 0 bridgehead atoms. The molecular formula is C15H19FN2O3. The van der Waals surface area contributed by atoms with Crippen LogP contribution in [0.15, 0.2) is 36.4 Å². The Balaban J connectivity index is 2.46. The van der Waals surface area contributed by atoms with Gasteiger partial charge >= 0.3 is 0 Å². The monoisotopic (exact) mass is 294 g/mol. The maximum absolute atomic E-state index is 12.7. The lowest BCUT2D eigenvalue weighted by Gasteiger charge is -2.17. The van der Waals surface area contributed by atoms with Gasteiger partial charge in [-0.25, -0.2) is 4.39 Å². The molecule has 0 aliphatic heterocycles. The fourth-order valence-electron chi connectivity index (χ4n) is 1.44. The number of benzene rings is 1. The van der Waals surface area contributed by atoms with Gasteiger partial charge in [-0.1, -0.05) is 6.92 Å². The minimum atomic E-state index is -0.486. The van der Waals surface area contributed by atoms with Crippen molar-refractivity contribution in [2.24, 2.45) is 5.92 Å². The second-order valence-electron chi connectivity index (χ2n) is 4.79. The van der Waals surface area contributed by atoms with E-state index in [1.807, 2.05) is 0 Å². The fraction of sp³-hybridized carbons (Fsp3) is 0.333. The highest BCUT2D eigenvalue weighted by molar-refractivity contribution is 6.03. The summed E-state index contributed by atoms with van der Waals surface area (Å²) in [7, 11) is 0. The average molecular weight is 294 g/mol. The summed E-state index contributed by atoms with van der Waals surface area (Å²) in [5, 5.41) is 14.1. The van der Waals surface area contributed by atoms with Crippen LogP contribution in [0, 0.1) is 11.7 Å². The number of hydrogen-bond donors (Lipinski definition) is 3. The van der Waals surface area contributed by atoms with Crippen molar-refractivity contribution >= 4 is 17.5 Å². The molecule has 0 radical (unpaired) electrons. The summed E-state index contributed by atoms with van der Waals surface area (Å²) < 4.78 is 12.7. The lowest BCUT2D eigenvalue weighted by molar-refractivity contribution is -0.118. The third-order valence-corrected chi connectivity index (χ3v) is 3.01. The van der Waals surface area contributed by atoms with Crippen LogP contribution in [0.3, 0.4) is 0 Å². The molecule has 21 heavy (non-hydrogen) atoms. The zero-order valence-corrected chi connectivity index (χ0v) is 12.0. The van der Waals surface area contributed by atoms with E-state index in [2.05, 4.69) is 10.6 Å². The number of carbonyl (C=O) groups excluding carboxylic acids is 2. The van der Waals surface area contributed by atoms with E-state index in [0.29, 0.717) is 5.69 Å². The van der Waals surface area contributed by atoms with Crippen molar-refractivity contribution in [2.45, 2.75) is 19.9 Å². The molecule has 1 aromatic rings. The molecule has 0 saturated heterocycles. The summed E-state index contributed by atoms with van der Waals surface area (Å²) in [6.45, 7) is 3.54. The maximum Gasteiger partial charge on any atom is 0.248 e. The predicted molar refractivity (Wildman–Crippen MR) is 78.0 cm³/mol. The van der Waals surface area contributed by atoms with E-state index in [4.69, 9.17) is 5.11 Å². The number of nitrogens with one attached hydrogen (secondary N) is 2. The highest BCUT2D eigenvalue weighted by Crippen LogP contribution is 2.08. The van der Waals surface area contributed by atoms with Gasteiger partial charge in [-0.2, -0.15) is 0 Å². The number of hydrogen-bond acceptors (Lipinski definition) is 3. The second-order valence-corrected chi connectivity index (χ2v) is 4.79. The van der Waals surface area contributed by atoms with Gasteiger partial charge in [-0.3, -0.25) is 9.59 Å². The first kappa shape index (κ1) is 16.8. The van der Waals surface area contributed by atoms with E-state index in [9.17, 15) is 14.0 Å². The van der Waals surface area contributed by atoms with Crippen LogP contribution in [-0.2, 0) is 9.59 Å². The zero-order valence-electron chi connectivity index (χ0n) is 12.0. The smallest absolute Gasteiger partial charge is 0.248 e. The minimum Gasteiger partial charge on any atom is -0.396 e. The van der Waals surface area contributed by atoms with E-state index in [0.717, 1.165) is 12.2 Å². The van der Waals surface area contributed by atoms with Gasteiger partial charge in [0.1, 0.15) is 5.82 Å². The van der Waals surface area contributed by atoms with Crippen LogP contribution in [0.4, 0.5) is 10.1 Å². The molecule has 6 heteroatoms. The third kappa shape index (κ3) is 6.18. The molecule has 5 nitrogen and oxygen atoms in total. The molecule has 114 valence electrons. The molecule has 2 amide bonds. The number of anilines is 1. The predicted octanol–water partition coefficient (Wildman–Crippen LogP) is 1.45. The topological polar surface area (TPSA) is 78.4 Å². The second kappa shape index (κ2) is 8.16. The first-order chi connectivity index (χ1) is 9.92. The number of aliphatic hydroxyl groups excluding tert-OH is 1. The molecule has 0 aromatic heterocycles. The molecule has 1 aromatic carbocycles. The summed E-state index contributed by atoms with van der Waals surface area (Å²) in [4.78, 5) is 23.1. The van der Waals surface area contributed by atoms with Gasteiger partial charge in [-0.05, 0) is 37.1 Å². The lowest BCUT2D eigenvalue weighted by Crippen LogP contribution is -2.37. The Labute approximate surface area is 122 Å². The number of amides is 2. The van der Waals surface area contributed by atoms with Crippen LogP contribution in [-0.4, -0.2) is 29.6 Å². The Morgan fingerprint density at radius 3 is 2.33 bits per heavy atom. The minimum absolute atomic E-state index is 0.0315. The van der Waals surface area contributed by atoms with Gasteiger partial charge in [0.05, 0.1) is 0 Å². The van der Waals surface area contributed by atoms with E-state index >= 15 is 0 Å². The van der Waals surface area contributed by atoms with E-state index in [1.165, 1.54) is 24.3 Å². The van der Waals surface area contributed by atoms with Crippen molar-refractivity contribution in [3.8, 4) is 0 Å². The molecule has 2 unspecified atom stereocenters. The highest BCUT2D eigenvalue weighted by Gasteiger charge is 2.12. The van der Waals surface area contributed by atoms with Gasteiger partial charge in [0.2, 0.25) is 11.8 Å². The van der Waals surface area contributed by atoms with E-state index in [-0.39, 0.29) is 18.6 Å². The Hall–Kier alpha value is -2.21. The quantitative estimate of drug-likeness (QED) is 0.695. The highest BCUT2D eigenvalue weighted by atomic mass is 19.1. The van der Waals surface area contributed by atoms with Crippen molar-refractivity contribution in [2.75, 3.05) is 11.9 Å². The number of rotatable bonds is 6. The summed E-state index contributed by atoms with van der Waals surface area (Å²) in [5.74, 6) is -1.37. The number of carbonyl (C=O) groups is 2. The lowest BCUT2D eigenvalue weighted by atomic mass is 10.1. The summed E-state index contributed by atoms with van der Waals surface area (Å²) >= 11 is 0. The van der Waals surface area contributed by atoms with Crippen LogP contribution >= 0.6 is 0 Å². The van der Waals surface area contributed by atoms with E-state index < -0.39 is 17.6 Å². The van der Waals surface area contributed by atoms with Crippen molar-refractivity contribution < 1.29 is 19.1 Å². The van der Waals surface area contributed by atoms with Crippen molar-refractivity contribution in [1.82, 2.24) is 5.32 Å². The van der Waals surface area contributed by atoms with Crippen LogP contribution in [0.25, 0.3) is 0 Å². The molecule has 0 aliphatic rings. The van der Waals surface area contributed by atoms with Crippen molar-refractivity contribution in [1.29, 1.82) is 0 Å². The first-order valence-corrected chi connectivity index (χ1v) is 6.58. The molecule has 1 rings (SSSR count). The Morgan fingerprint density at radius 2 is 1.76 bits per heavy atom. The average Bonchev–Trinajstić information content (AvgIpc) is 2.46. The Kier molecular flexibility index (Phi) is 6.55. The standard InChI is InChI=1S/C15H19FN2O3/c1-10(9-19)11(2)17-14(20)7-8-15(21)18-13-5-3-12(16)4-6-13/h3-8,10-11,19H,9H2,1-2H3,(H,17,20)(H,18,21)/b8-7+. The Bertz CT molecular complexity index is 514. The molecule has 0 saturated carbocycles. The molecular weight excluding hydrogens is 275 g/mol. The van der Waals surface area contributed by atoms with Crippen LogP contribution < -0.4 is 10.6 Å². The largest absolute Gasteiger partial charge is 0.396 e. The molecule has 0 aliphatic carbocycles. The molecule has 0 heterocycles. The van der Waals surface area contributed by atoms with Crippen LogP contribution in [0.2, 0.25) is 0 Å². The van der Waals surface area contributed by atoms with Crippen molar-refractivity contribution in [3.63, 3.8) is 0 Å². The fourth-order valence-corrected chi connectivity index (χ4v) is 1.44. The number of aliphatic hydroxyl groups is 1.